The Labute approximate surface area is 250 Å². The van der Waals surface area contributed by atoms with Crippen molar-refractivity contribution >= 4 is 0 Å². The van der Waals surface area contributed by atoms with Crippen LogP contribution in [0.15, 0.2) is 60.7 Å². The van der Waals surface area contributed by atoms with E-state index in [1.54, 1.807) is 12.1 Å². The van der Waals surface area contributed by atoms with Crippen LogP contribution in [0.5, 0.6) is 11.5 Å². The van der Waals surface area contributed by atoms with Gasteiger partial charge in [-0.1, -0.05) is 24.3 Å². The lowest BCUT2D eigenvalue weighted by Crippen LogP contribution is -2.58. The zero-order valence-electron chi connectivity index (χ0n) is 24.1. The van der Waals surface area contributed by atoms with E-state index in [1.165, 1.54) is 26.4 Å². The van der Waals surface area contributed by atoms with Gasteiger partial charge >= 0.3 is 12.4 Å². The van der Waals surface area contributed by atoms with Crippen molar-refractivity contribution in [2.24, 2.45) is 0 Å². The van der Waals surface area contributed by atoms with Crippen LogP contribution >= 0.6 is 0 Å². The number of aryl methyl sites for hydroxylation is 2. The molecule has 8 heteroatoms. The Hall–Kier alpha value is -3.94. The Morgan fingerprint density at radius 3 is 1.34 bits per heavy atom. The standard InChI is InChI=1S/C36H28F6O2/c1-43-27-13-7-19-5-3-15-33-26-18-22(36(40,41)42)10-12-24(26)30-28(44-2)14-8-20-6-4-16-34(33,32(20)30)25-17-21(35(37,38)39)9-11-23(25)29(27)31(19)33/h7-14,17-18H,3-6,15-16H2,1-2H3/t33-,34-/m1/s1. The molecule has 0 saturated carbocycles. The molecule has 4 aromatic rings. The molecular weight excluding hydrogens is 578 g/mol. The zero-order chi connectivity index (χ0) is 30.8. The minimum Gasteiger partial charge on any atom is -0.496 e. The lowest BCUT2D eigenvalue weighted by molar-refractivity contribution is -0.138. The molecule has 0 aliphatic heterocycles. The van der Waals surface area contributed by atoms with Gasteiger partial charge in [-0.3, -0.25) is 0 Å². The molecule has 0 fully saturated rings. The largest absolute Gasteiger partial charge is 0.496 e. The lowest BCUT2D eigenvalue weighted by atomic mass is 9.39. The normalized spacial score (nSPS) is 22.6. The maximum absolute atomic E-state index is 14.5. The monoisotopic (exact) mass is 606 g/mol. The second-order valence-corrected chi connectivity index (χ2v) is 12.4. The van der Waals surface area contributed by atoms with Gasteiger partial charge in [-0.25, -0.2) is 0 Å². The maximum Gasteiger partial charge on any atom is 0.416 e. The number of ether oxygens (including phenoxy) is 2. The molecule has 44 heavy (non-hydrogen) atoms. The van der Waals surface area contributed by atoms with E-state index in [1.807, 2.05) is 24.3 Å². The Morgan fingerprint density at radius 2 is 0.977 bits per heavy atom. The van der Waals surface area contributed by atoms with Crippen molar-refractivity contribution in [2.75, 3.05) is 14.2 Å². The zero-order valence-corrected chi connectivity index (χ0v) is 24.1. The molecule has 0 saturated heterocycles. The van der Waals surface area contributed by atoms with E-state index >= 15 is 0 Å². The summed E-state index contributed by atoms with van der Waals surface area (Å²) in [6.45, 7) is 0. The van der Waals surface area contributed by atoms with Crippen LogP contribution in [-0.2, 0) is 36.0 Å². The summed E-state index contributed by atoms with van der Waals surface area (Å²) in [5.74, 6) is 1.00. The Bertz CT molecular complexity index is 1750. The van der Waals surface area contributed by atoms with E-state index in [9.17, 15) is 26.3 Å². The first-order valence-corrected chi connectivity index (χ1v) is 14.8. The van der Waals surface area contributed by atoms with Crippen molar-refractivity contribution in [1.82, 2.24) is 0 Å². The fourth-order valence-electron chi connectivity index (χ4n) is 9.29. The highest BCUT2D eigenvalue weighted by molar-refractivity contribution is 5.94. The third-order valence-electron chi connectivity index (χ3n) is 10.7. The van der Waals surface area contributed by atoms with Crippen molar-refractivity contribution in [1.29, 1.82) is 0 Å². The molecule has 2 nitrogen and oxygen atoms in total. The summed E-state index contributed by atoms with van der Waals surface area (Å²) >= 11 is 0. The third-order valence-corrected chi connectivity index (χ3v) is 10.7. The van der Waals surface area contributed by atoms with Crippen LogP contribution in [-0.4, -0.2) is 14.2 Å². The van der Waals surface area contributed by atoms with Crippen LogP contribution in [0.1, 0.15) is 70.2 Å². The van der Waals surface area contributed by atoms with Crippen molar-refractivity contribution in [3.05, 3.63) is 105 Å². The first-order valence-electron chi connectivity index (χ1n) is 14.8. The molecule has 0 N–H and O–H groups in total. The SMILES string of the molecule is COc1ccc2c3c1-c1ccc(C(F)(F)F)cc1[C@]14CCCc5ccc(OC)c(c51)-c1ccc(C(F)(F)F)cc1[C@]34CCC2. The van der Waals surface area contributed by atoms with Gasteiger partial charge in [-0.2, -0.15) is 26.3 Å². The second-order valence-electron chi connectivity index (χ2n) is 12.4. The summed E-state index contributed by atoms with van der Waals surface area (Å²) in [6.07, 6.45) is -5.46. The molecule has 0 heterocycles. The third kappa shape index (κ3) is 3.24. The molecule has 4 aliphatic rings. The lowest BCUT2D eigenvalue weighted by Gasteiger charge is -2.63. The Balaban J connectivity index is 1.66. The van der Waals surface area contributed by atoms with Crippen LogP contribution in [0.4, 0.5) is 26.3 Å². The van der Waals surface area contributed by atoms with Crippen LogP contribution in [0.3, 0.4) is 0 Å². The number of alkyl halides is 6. The van der Waals surface area contributed by atoms with Crippen LogP contribution in [0.2, 0.25) is 0 Å². The van der Waals surface area contributed by atoms with Gasteiger partial charge in [0.05, 0.1) is 25.3 Å². The Morgan fingerprint density at radius 1 is 0.568 bits per heavy atom. The molecule has 4 aliphatic carbocycles. The number of methoxy groups -OCH3 is 2. The van der Waals surface area contributed by atoms with E-state index in [0.29, 0.717) is 83.4 Å². The van der Waals surface area contributed by atoms with Gasteiger partial charge in [0, 0.05) is 22.0 Å². The van der Waals surface area contributed by atoms with E-state index < -0.39 is 34.3 Å². The quantitative estimate of drug-likeness (QED) is 0.212. The van der Waals surface area contributed by atoms with Gasteiger partial charge in [0.25, 0.3) is 0 Å². The summed E-state index contributed by atoms with van der Waals surface area (Å²) in [4.78, 5) is 0. The van der Waals surface area contributed by atoms with Crippen LogP contribution in [0.25, 0.3) is 22.3 Å². The smallest absolute Gasteiger partial charge is 0.416 e. The highest BCUT2D eigenvalue weighted by Crippen LogP contribution is 2.73. The summed E-state index contributed by atoms with van der Waals surface area (Å²) < 4.78 is 98.5. The van der Waals surface area contributed by atoms with Crippen LogP contribution < -0.4 is 9.47 Å². The average molecular weight is 607 g/mol. The fraction of sp³-hybridized carbons (Fsp3) is 0.333. The highest BCUT2D eigenvalue weighted by atomic mass is 19.4. The number of benzene rings is 4. The minimum absolute atomic E-state index is 0.486. The van der Waals surface area contributed by atoms with E-state index in [4.69, 9.17) is 9.47 Å². The van der Waals surface area contributed by atoms with Gasteiger partial charge in [0.1, 0.15) is 11.5 Å². The molecule has 8 rings (SSSR count). The van der Waals surface area contributed by atoms with E-state index in [-0.39, 0.29) is 0 Å². The van der Waals surface area contributed by atoms with E-state index in [2.05, 4.69) is 0 Å². The van der Waals surface area contributed by atoms with Gasteiger partial charge in [0.2, 0.25) is 0 Å². The molecular formula is C36H28F6O2. The summed E-state index contributed by atoms with van der Waals surface area (Å²) in [5.41, 5.74) is 3.73. The first kappa shape index (κ1) is 27.6. The maximum atomic E-state index is 14.5. The molecule has 226 valence electrons. The van der Waals surface area contributed by atoms with Crippen molar-refractivity contribution in [3.8, 4) is 33.8 Å². The number of fused-ring (bicyclic) bond motifs is 4. The summed E-state index contributed by atoms with van der Waals surface area (Å²) in [6, 6.07) is 15.5. The first-order chi connectivity index (χ1) is 21.0. The number of rotatable bonds is 2. The fourth-order valence-corrected chi connectivity index (χ4v) is 9.29. The summed E-state index contributed by atoms with van der Waals surface area (Å²) in [5, 5.41) is 0. The van der Waals surface area contributed by atoms with Gasteiger partial charge in [-0.05, 0) is 119 Å². The van der Waals surface area contributed by atoms with Gasteiger partial charge in [0.15, 0.2) is 0 Å². The predicted molar refractivity (Wildman–Crippen MR) is 154 cm³/mol. The molecule has 0 unspecified atom stereocenters. The van der Waals surface area contributed by atoms with Crippen molar-refractivity contribution in [2.45, 2.75) is 61.7 Å². The van der Waals surface area contributed by atoms with Crippen molar-refractivity contribution in [3.63, 3.8) is 0 Å². The topological polar surface area (TPSA) is 18.5 Å². The average Bonchev–Trinajstić information content (AvgIpc) is 3.01. The van der Waals surface area contributed by atoms with E-state index in [0.717, 1.165) is 34.4 Å². The molecule has 0 radical (unpaired) electrons. The minimum atomic E-state index is -4.61. The Kier molecular flexibility index (Phi) is 5.54. The number of halogens is 6. The molecule has 0 amide bonds. The van der Waals surface area contributed by atoms with Crippen LogP contribution in [0, 0.1) is 0 Å². The molecule has 4 aromatic carbocycles. The number of hydrogen-bond donors (Lipinski definition) is 0. The van der Waals surface area contributed by atoms with Crippen molar-refractivity contribution < 1.29 is 35.8 Å². The molecule has 0 bridgehead atoms. The molecule has 2 spiro atoms. The van der Waals surface area contributed by atoms with Gasteiger partial charge in [-0.15, -0.1) is 0 Å². The summed E-state index contributed by atoms with van der Waals surface area (Å²) in [7, 11) is 3.05. The highest BCUT2D eigenvalue weighted by Gasteiger charge is 2.65. The van der Waals surface area contributed by atoms with Gasteiger partial charge < -0.3 is 9.47 Å². The molecule has 0 aromatic heterocycles. The number of hydrogen-bond acceptors (Lipinski definition) is 2. The predicted octanol–water partition coefficient (Wildman–Crippen LogP) is 9.65. The second kappa shape index (κ2) is 8.83. The molecule has 2 atom stereocenters.